The Morgan fingerprint density at radius 3 is 2.23 bits per heavy atom. The summed E-state index contributed by atoms with van der Waals surface area (Å²) < 4.78 is 27.5. The largest absolute Gasteiger partial charge is 0.311 e. The van der Waals surface area contributed by atoms with Crippen molar-refractivity contribution in [1.82, 2.24) is 4.72 Å². The molecule has 0 fully saturated rings. The van der Waals surface area contributed by atoms with Gasteiger partial charge in [0, 0.05) is 36.1 Å². The summed E-state index contributed by atoms with van der Waals surface area (Å²) in [7, 11) is -3.59. The van der Waals surface area contributed by atoms with Crippen molar-refractivity contribution >= 4 is 38.7 Å². The van der Waals surface area contributed by atoms with Gasteiger partial charge in [-0.25, -0.2) is 13.1 Å². The number of thiophene rings is 1. The van der Waals surface area contributed by atoms with E-state index in [1.807, 2.05) is 6.92 Å². The monoisotopic (exact) mass is 394 g/mol. The Hall–Kier alpha value is -2.03. The van der Waals surface area contributed by atoms with Crippen molar-refractivity contribution in [2.45, 2.75) is 31.4 Å². The maximum atomic E-state index is 12.3. The number of ketones is 1. The van der Waals surface area contributed by atoms with E-state index in [1.54, 1.807) is 36.4 Å². The number of nitrogens with zero attached hydrogens (tertiary/aromatic N) is 1. The molecular formula is C18H22N2O4S2. The van der Waals surface area contributed by atoms with Crippen LogP contribution >= 0.6 is 11.3 Å². The first-order chi connectivity index (χ1) is 12.2. The van der Waals surface area contributed by atoms with Gasteiger partial charge in [0.15, 0.2) is 5.78 Å². The molecule has 0 saturated carbocycles. The quantitative estimate of drug-likeness (QED) is 0.698. The Bertz CT molecular complexity index is 886. The number of rotatable bonds is 8. The molecule has 0 aliphatic heterocycles. The van der Waals surface area contributed by atoms with Gasteiger partial charge < -0.3 is 4.90 Å². The van der Waals surface area contributed by atoms with Gasteiger partial charge in [0.25, 0.3) is 0 Å². The van der Waals surface area contributed by atoms with E-state index < -0.39 is 10.0 Å². The zero-order valence-corrected chi connectivity index (χ0v) is 16.6. The molecule has 1 aromatic heterocycles. The van der Waals surface area contributed by atoms with Gasteiger partial charge >= 0.3 is 0 Å². The van der Waals surface area contributed by atoms with Gasteiger partial charge in [-0.15, -0.1) is 11.3 Å². The molecule has 2 aromatic rings. The molecule has 1 aromatic carbocycles. The Morgan fingerprint density at radius 1 is 1.08 bits per heavy atom. The molecule has 1 N–H and O–H groups in total. The minimum absolute atomic E-state index is 0.0546. The molecule has 1 heterocycles. The van der Waals surface area contributed by atoms with Gasteiger partial charge in [0.2, 0.25) is 15.9 Å². The van der Waals surface area contributed by atoms with Crippen LogP contribution in [0.1, 0.15) is 36.0 Å². The lowest BCUT2D eigenvalue weighted by atomic mass is 10.1. The summed E-state index contributed by atoms with van der Waals surface area (Å²) in [5.41, 5.74) is 1.17. The first kappa shape index (κ1) is 20.3. The standard InChI is InChI=1S/C18H22N2O4S2/c1-4-17-9-10-18(25-17)26(23,24)19-11-12-20(14(3)22)16-7-5-15(6-8-16)13(2)21/h5-10,19H,4,11-12H2,1-3H3. The highest BCUT2D eigenvalue weighted by atomic mass is 32.2. The zero-order chi connectivity index (χ0) is 19.3. The fraction of sp³-hybridized carbons (Fsp3) is 0.333. The average molecular weight is 395 g/mol. The van der Waals surface area contributed by atoms with Crippen molar-refractivity contribution in [3.8, 4) is 0 Å². The third-order valence-corrected chi connectivity index (χ3v) is 7.03. The summed E-state index contributed by atoms with van der Waals surface area (Å²) in [6, 6.07) is 10.1. The van der Waals surface area contributed by atoms with Crippen LogP contribution in [0.3, 0.4) is 0 Å². The number of benzene rings is 1. The van der Waals surface area contributed by atoms with E-state index >= 15 is 0 Å². The van der Waals surface area contributed by atoms with Crippen molar-refractivity contribution < 1.29 is 18.0 Å². The van der Waals surface area contributed by atoms with Gasteiger partial charge in [-0.2, -0.15) is 0 Å². The first-order valence-electron chi connectivity index (χ1n) is 8.22. The highest BCUT2D eigenvalue weighted by Crippen LogP contribution is 2.21. The molecule has 1 amide bonds. The minimum Gasteiger partial charge on any atom is -0.311 e. The van der Waals surface area contributed by atoms with Crippen molar-refractivity contribution in [3.63, 3.8) is 0 Å². The van der Waals surface area contributed by atoms with Gasteiger partial charge in [0.05, 0.1) is 0 Å². The van der Waals surface area contributed by atoms with Gasteiger partial charge in [-0.3, -0.25) is 9.59 Å². The van der Waals surface area contributed by atoms with Crippen LogP contribution in [-0.2, 0) is 21.2 Å². The van der Waals surface area contributed by atoms with Gasteiger partial charge in [-0.05, 0) is 49.7 Å². The lowest BCUT2D eigenvalue weighted by Gasteiger charge is -2.21. The molecule has 0 radical (unpaired) electrons. The van der Waals surface area contributed by atoms with Crippen molar-refractivity contribution in [3.05, 3.63) is 46.8 Å². The molecule has 140 valence electrons. The van der Waals surface area contributed by atoms with Gasteiger partial charge in [0.1, 0.15) is 4.21 Å². The van der Waals surface area contributed by atoms with Crippen LogP contribution in [0.25, 0.3) is 0 Å². The van der Waals surface area contributed by atoms with Crippen LogP contribution in [0.5, 0.6) is 0 Å². The number of aryl methyl sites for hydroxylation is 1. The second kappa shape index (κ2) is 8.57. The molecule has 0 bridgehead atoms. The Kier molecular flexibility index (Phi) is 6.69. The number of hydrogen-bond acceptors (Lipinski definition) is 5. The third-order valence-electron chi connectivity index (χ3n) is 3.84. The summed E-state index contributed by atoms with van der Waals surface area (Å²) in [5.74, 6) is -0.259. The second-order valence-electron chi connectivity index (χ2n) is 5.75. The van der Waals surface area contributed by atoms with Gasteiger partial charge in [-0.1, -0.05) is 6.92 Å². The first-order valence-corrected chi connectivity index (χ1v) is 10.5. The number of hydrogen-bond donors (Lipinski definition) is 1. The molecule has 0 spiro atoms. The van der Waals surface area contributed by atoms with E-state index in [0.29, 0.717) is 11.3 Å². The number of amides is 1. The number of sulfonamides is 1. The Balaban J connectivity index is 2.04. The van der Waals surface area contributed by atoms with Crippen LogP contribution in [0.2, 0.25) is 0 Å². The van der Waals surface area contributed by atoms with Crippen LogP contribution < -0.4 is 9.62 Å². The number of anilines is 1. The molecule has 6 nitrogen and oxygen atoms in total. The Morgan fingerprint density at radius 2 is 1.73 bits per heavy atom. The van der Waals surface area contributed by atoms with E-state index in [-0.39, 0.29) is 29.0 Å². The maximum Gasteiger partial charge on any atom is 0.250 e. The third kappa shape index (κ3) is 5.00. The highest BCUT2D eigenvalue weighted by Gasteiger charge is 2.18. The van der Waals surface area contributed by atoms with Crippen LogP contribution in [-0.4, -0.2) is 33.2 Å². The van der Waals surface area contributed by atoms with E-state index in [9.17, 15) is 18.0 Å². The summed E-state index contributed by atoms with van der Waals surface area (Å²) >= 11 is 1.24. The fourth-order valence-corrected chi connectivity index (χ4v) is 4.76. The van der Waals surface area contributed by atoms with Crippen LogP contribution in [0.15, 0.2) is 40.6 Å². The minimum atomic E-state index is -3.59. The predicted molar refractivity (Wildman–Crippen MR) is 103 cm³/mol. The number of Topliss-reactive ketones (excluding diaryl/α,β-unsaturated/α-hetero) is 1. The summed E-state index contributed by atoms with van der Waals surface area (Å²) in [4.78, 5) is 25.7. The number of nitrogens with one attached hydrogen (secondary N) is 1. The Labute approximate surface area is 157 Å². The summed E-state index contributed by atoms with van der Waals surface area (Å²) in [6.45, 7) is 5.15. The molecule has 8 heteroatoms. The van der Waals surface area contributed by atoms with Crippen LogP contribution in [0, 0.1) is 0 Å². The normalized spacial score (nSPS) is 11.3. The fourth-order valence-electron chi connectivity index (χ4n) is 2.40. The van der Waals surface area contributed by atoms with E-state index in [1.165, 1.54) is 30.1 Å². The smallest absolute Gasteiger partial charge is 0.250 e. The van der Waals surface area contributed by atoms with Crippen molar-refractivity contribution in [2.24, 2.45) is 0 Å². The molecule has 26 heavy (non-hydrogen) atoms. The number of carbonyl (C=O) groups is 2. The second-order valence-corrected chi connectivity index (χ2v) is 8.91. The van der Waals surface area contributed by atoms with Crippen molar-refractivity contribution in [1.29, 1.82) is 0 Å². The van der Waals surface area contributed by atoms with Crippen LogP contribution in [0.4, 0.5) is 5.69 Å². The van der Waals surface area contributed by atoms with Crippen molar-refractivity contribution in [2.75, 3.05) is 18.0 Å². The molecular weight excluding hydrogens is 372 g/mol. The van der Waals surface area contributed by atoms with E-state index in [2.05, 4.69) is 4.72 Å². The molecule has 0 aliphatic carbocycles. The van der Waals surface area contributed by atoms with E-state index in [0.717, 1.165) is 11.3 Å². The summed E-state index contributed by atoms with van der Waals surface area (Å²) in [6.07, 6.45) is 0.786. The molecule has 0 aliphatic rings. The molecule has 2 rings (SSSR count). The summed E-state index contributed by atoms with van der Waals surface area (Å²) in [5, 5.41) is 0. The van der Waals surface area contributed by atoms with E-state index in [4.69, 9.17) is 0 Å². The SMILES string of the molecule is CCc1ccc(S(=O)(=O)NCCN(C(C)=O)c2ccc(C(C)=O)cc2)s1. The lowest BCUT2D eigenvalue weighted by Crippen LogP contribution is -2.37. The number of carbonyl (C=O) groups excluding carboxylic acids is 2. The molecule has 0 saturated heterocycles. The average Bonchev–Trinajstić information content (AvgIpc) is 3.08. The zero-order valence-electron chi connectivity index (χ0n) is 15.0. The molecule has 0 atom stereocenters. The predicted octanol–water partition coefficient (Wildman–Crippen LogP) is 2.84. The highest BCUT2D eigenvalue weighted by molar-refractivity contribution is 7.91. The maximum absolute atomic E-state index is 12.3. The topological polar surface area (TPSA) is 83.6 Å². The molecule has 0 unspecified atom stereocenters. The lowest BCUT2D eigenvalue weighted by molar-refractivity contribution is -0.116.